The fraction of sp³-hybridized carbons (Fsp3) is 0.375. The van der Waals surface area contributed by atoms with Gasteiger partial charge >= 0.3 is 0 Å². The highest BCUT2D eigenvalue weighted by Crippen LogP contribution is 2.34. The average Bonchev–Trinajstić information content (AvgIpc) is 3.35. The molecule has 0 spiro atoms. The molecular formula is C24H25F2N3O2. The first-order chi connectivity index (χ1) is 15.0. The summed E-state index contributed by atoms with van der Waals surface area (Å²) in [5.41, 5.74) is 9.79. The van der Waals surface area contributed by atoms with Gasteiger partial charge in [0.15, 0.2) is 0 Å². The maximum absolute atomic E-state index is 14.2. The van der Waals surface area contributed by atoms with Crippen molar-refractivity contribution in [2.75, 3.05) is 32.8 Å². The Morgan fingerprint density at radius 3 is 2.39 bits per heavy atom. The van der Waals surface area contributed by atoms with Crippen molar-refractivity contribution in [2.24, 2.45) is 5.73 Å². The Labute approximate surface area is 180 Å². The Bertz CT molecular complexity index is 1010. The molecule has 3 aliphatic rings. The molecule has 0 bridgehead atoms. The van der Waals surface area contributed by atoms with Gasteiger partial charge in [-0.3, -0.25) is 9.69 Å². The van der Waals surface area contributed by atoms with Gasteiger partial charge in [-0.05, 0) is 47.9 Å². The van der Waals surface area contributed by atoms with Gasteiger partial charge in [0.25, 0.3) is 5.91 Å². The minimum Gasteiger partial charge on any atom is -0.370 e. The van der Waals surface area contributed by atoms with Crippen molar-refractivity contribution < 1.29 is 18.3 Å². The molecular weight excluding hydrogens is 400 g/mol. The number of nitrogens with two attached hydrogens (primary N) is 1. The van der Waals surface area contributed by atoms with Gasteiger partial charge in [0.1, 0.15) is 17.7 Å². The predicted octanol–water partition coefficient (Wildman–Crippen LogP) is 2.89. The Balaban J connectivity index is 1.18. The average molecular weight is 425 g/mol. The third kappa shape index (κ3) is 3.89. The zero-order valence-corrected chi connectivity index (χ0v) is 17.1. The summed E-state index contributed by atoms with van der Waals surface area (Å²) in [5.74, 6) is -0.932. The predicted molar refractivity (Wildman–Crippen MR) is 112 cm³/mol. The maximum Gasteiger partial charge on any atom is 0.254 e. The molecule has 2 aromatic carbocycles. The third-order valence-electron chi connectivity index (χ3n) is 6.54. The molecule has 3 atom stereocenters. The van der Waals surface area contributed by atoms with Gasteiger partial charge in [0.05, 0.1) is 6.61 Å². The van der Waals surface area contributed by atoms with E-state index >= 15 is 0 Å². The first kappa shape index (κ1) is 20.3. The van der Waals surface area contributed by atoms with Crippen LogP contribution in [0.25, 0.3) is 0 Å². The van der Waals surface area contributed by atoms with Crippen LogP contribution in [0.15, 0.2) is 59.7 Å². The second-order valence-corrected chi connectivity index (χ2v) is 8.61. The van der Waals surface area contributed by atoms with Crippen LogP contribution in [-0.4, -0.2) is 60.6 Å². The van der Waals surface area contributed by atoms with Crippen molar-refractivity contribution in [3.63, 3.8) is 0 Å². The minimum atomic E-state index is -0.645. The van der Waals surface area contributed by atoms with Crippen LogP contribution in [0, 0.1) is 11.6 Å². The van der Waals surface area contributed by atoms with Gasteiger partial charge in [0.2, 0.25) is 0 Å². The highest BCUT2D eigenvalue weighted by Gasteiger charge is 2.39. The number of carbonyl (C=O) groups is 1. The summed E-state index contributed by atoms with van der Waals surface area (Å²) in [6, 6.07) is 12.4. The monoisotopic (exact) mass is 425 g/mol. The summed E-state index contributed by atoms with van der Waals surface area (Å²) in [7, 11) is 0. The third-order valence-corrected chi connectivity index (χ3v) is 6.54. The van der Waals surface area contributed by atoms with Crippen molar-refractivity contribution in [2.45, 2.75) is 24.6 Å². The normalized spacial score (nSPS) is 26.4. The van der Waals surface area contributed by atoms with Crippen LogP contribution in [0.1, 0.15) is 28.4 Å². The van der Waals surface area contributed by atoms with Crippen molar-refractivity contribution >= 4 is 5.91 Å². The second-order valence-electron chi connectivity index (χ2n) is 8.61. The lowest BCUT2D eigenvalue weighted by atomic mass is 9.93. The molecule has 1 amide bonds. The molecule has 3 heterocycles. The Morgan fingerprint density at radius 2 is 1.71 bits per heavy atom. The maximum atomic E-state index is 14.2. The topological polar surface area (TPSA) is 58.8 Å². The van der Waals surface area contributed by atoms with Crippen LogP contribution in [0.5, 0.6) is 0 Å². The summed E-state index contributed by atoms with van der Waals surface area (Å²) >= 11 is 0. The Morgan fingerprint density at radius 1 is 1.00 bits per heavy atom. The number of amides is 1. The first-order valence-corrected chi connectivity index (χ1v) is 10.6. The molecule has 0 saturated carbocycles. The fourth-order valence-corrected chi connectivity index (χ4v) is 4.93. The smallest absolute Gasteiger partial charge is 0.254 e. The number of rotatable bonds is 3. The van der Waals surface area contributed by atoms with E-state index in [1.807, 2.05) is 35.2 Å². The highest BCUT2D eigenvalue weighted by molar-refractivity contribution is 5.94. The van der Waals surface area contributed by atoms with E-state index in [0.717, 1.165) is 25.2 Å². The van der Waals surface area contributed by atoms with E-state index in [1.54, 1.807) is 0 Å². The van der Waals surface area contributed by atoms with E-state index in [1.165, 1.54) is 17.2 Å². The lowest BCUT2D eigenvalue weighted by Gasteiger charge is -2.39. The molecule has 1 fully saturated rings. The first-order valence-electron chi connectivity index (χ1n) is 10.6. The standard InChI is InChI=1S/C24H25F2N3O2/c25-18-6-7-21(26)20(8-18)23-22(27)9-19(14-31-23)28-10-16-12-29(13-17(16)11-28)24(30)15-4-2-1-3-5-15/h1-8,19,22-23H,9-14,27H2. The zero-order valence-electron chi connectivity index (χ0n) is 17.1. The molecule has 1 saturated heterocycles. The van der Waals surface area contributed by atoms with E-state index < -0.39 is 23.8 Å². The number of benzene rings is 2. The van der Waals surface area contributed by atoms with Gasteiger partial charge in [-0.15, -0.1) is 0 Å². The summed E-state index contributed by atoms with van der Waals surface area (Å²) in [6.45, 7) is 3.29. The molecule has 0 aliphatic carbocycles. The van der Waals surface area contributed by atoms with E-state index in [2.05, 4.69) is 4.90 Å². The minimum absolute atomic E-state index is 0.0598. The molecule has 2 N–H and O–H groups in total. The van der Waals surface area contributed by atoms with Gasteiger partial charge in [0, 0.05) is 49.4 Å². The molecule has 0 radical (unpaired) electrons. The number of carbonyl (C=O) groups excluding carboxylic acids is 1. The molecule has 31 heavy (non-hydrogen) atoms. The van der Waals surface area contributed by atoms with Gasteiger partial charge in [-0.2, -0.15) is 0 Å². The van der Waals surface area contributed by atoms with Crippen molar-refractivity contribution in [1.29, 1.82) is 0 Å². The Hall–Kier alpha value is -2.61. The largest absolute Gasteiger partial charge is 0.370 e. The van der Waals surface area contributed by atoms with E-state index in [0.29, 0.717) is 31.7 Å². The van der Waals surface area contributed by atoms with E-state index in [9.17, 15) is 13.6 Å². The van der Waals surface area contributed by atoms with Crippen LogP contribution >= 0.6 is 0 Å². The van der Waals surface area contributed by atoms with Crippen molar-refractivity contribution in [3.8, 4) is 0 Å². The number of ether oxygens (including phenoxy) is 1. The highest BCUT2D eigenvalue weighted by atomic mass is 19.1. The van der Waals surface area contributed by atoms with Crippen LogP contribution in [-0.2, 0) is 4.74 Å². The van der Waals surface area contributed by atoms with Crippen molar-refractivity contribution in [3.05, 3.63) is 82.4 Å². The lowest BCUT2D eigenvalue weighted by Crippen LogP contribution is -2.49. The van der Waals surface area contributed by atoms with Gasteiger partial charge in [-0.1, -0.05) is 18.2 Å². The summed E-state index contributed by atoms with van der Waals surface area (Å²) in [6.07, 6.45) is 0.00162. The zero-order chi connectivity index (χ0) is 21.5. The molecule has 0 aromatic heterocycles. The van der Waals surface area contributed by atoms with Gasteiger partial charge in [-0.25, -0.2) is 8.78 Å². The van der Waals surface area contributed by atoms with Crippen molar-refractivity contribution in [1.82, 2.24) is 9.80 Å². The molecule has 3 aliphatic heterocycles. The summed E-state index contributed by atoms with van der Waals surface area (Å²) < 4.78 is 33.6. The second kappa shape index (κ2) is 8.15. The number of hydrogen-bond donors (Lipinski definition) is 1. The Kier molecular flexibility index (Phi) is 5.33. The number of nitrogens with zero attached hydrogens (tertiary/aromatic N) is 2. The summed E-state index contributed by atoms with van der Waals surface area (Å²) in [5, 5.41) is 0. The molecule has 7 heteroatoms. The molecule has 5 nitrogen and oxygen atoms in total. The van der Waals surface area contributed by atoms with Crippen LogP contribution < -0.4 is 5.73 Å². The number of halogens is 2. The SMILES string of the molecule is NC1CC(N2CC3=C(CN(C(=O)c4ccccc4)C3)C2)COC1c1cc(F)ccc1F. The molecule has 5 rings (SSSR count). The fourth-order valence-electron chi connectivity index (χ4n) is 4.93. The number of hydrogen-bond acceptors (Lipinski definition) is 4. The molecule has 3 unspecified atom stereocenters. The van der Waals surface area contributed by atoms with Crippen LogP contribution in [0.4, 0.5) is 8.78 Å². The van der Waals surface area contributed by atoms with E-state index in [-0.39, 0.29) is 17.5 Å². The molecule has 162 valence electrons. The van der Waals surface area contributed by atoms with Crippen LogP contribution in [0.3, 0.4) is 0 Å². The van der Waals surface area contributed by atoms with Gasteiger partial charge < -0.3 is 15.4 Å². The molecule has 2 aromatic rings. The van der Waals surface area contributed by atoms with Crippen LogP contribution in [0.2, 0.25) is 0 Å². The summed E-state index contributed by atoms with van der Waals surface area (Å²) in [4.78, 5) is 16.9. The quantitative estimate of drug-likeness (QED) is 0.769. The van der Waals surface area contributed by atoms with E-state index in [4.69, 9.17) is 10.5 Å². The lowest BCUT2D eigenvalue weighted by molar-refractivity contribution is -0.0468.